The first-order valence-corrected chi connectivity index (χ1v) is 7.60. The molecule has 5 heteroatoms. The van der Waals surface area contributed by atoms with Crippen molar-refractivity contribution >= 4 is 0 Å². The van der Waals surface area contributed by atoms with Gasteiger partial charge in [0, 0.05) is 25.9 Å². The van der Waals surface area contributed by atoms with Crippen LogP contribution in [-0.2, 0) is 26.9 Å². The minimum Gasteiger partial charge on any atom is -0.316 e. The monoisotopic (exact) mass is 301 g/mol. The third kappa shape index (κ3) is 4.18. The Bertz CT molecular complexity index is 717. The van der Waals surface area contributed by atoms with E-state index in [-0.39, 0.29) is 11.2 Å². The average molecular weight is 301 g/mol. The SMILES string of the molecule is Cn1c(CCCNCCc2ccccc2)cc(=O)n(C)c1=O. The molecule has 1 aromatic heterocycles. The predicted octanol–water partition coefficient (Wildman–Crippen LogP) is 0.849. The minimum absolute atomic E-state index is 0.241. The molecule has 0 atom stereocenters. The summed E-state index contributed by atoms with van der Waals surface area (Å²) in [7, 11) is 3.21. The summed E-state index contributed by atoms with van der Waals surface area (Å²) in [5, 5.41) is 3.39. The molecular weight excluding hydrogens is 278 g/mol. The Morgan fingerprint density at radius 2 is 1.68 bits per heavy atom. The average Bonchev–Trinajstić information content (AvgIpc) is 2.54. The predicted molar refractivity (Wildman–Crippen MR) is 88.3 cm³/mol. The van der Waals surface area contributed by atoms with Gasteiger partial charge in [0.1, 0.15) is 0 Å². The molecule has 2 rings (SSSR count). The lowest BCUT2D eigenvalue weighted by molar-refractivity contribution is 0.606. The van der Waals surface area contributed by atoms with Gasteiger partial charge in [-0.2, -0.15) is 0 Å². The van der Waals surface area contributed by atoms with Gasteiger partial charge < -0.3 is 9.88 Å². The first-order chi connectivity index (χ1) is 10.6. The summed E-state index contributed by atoms with van der Waals surface area (Å²) >= 11 is 0. The summed E-state index contributed by atoms with van der Waals surface area (Å²) in [4.78, 5) is 23.5. The molecule has 0 unspecified atom stereocenters. The molecule has 2 aromatic rings. The topological polar surface area (TPSA) is 56.0 Å². The van der Waals surface area contributed by atoms with Gasteiger partial charge in [0.05, 0.1) is 0 Å². The van der Waals surface area contributed by atoms with E-state index in [4.69, 9.17) is 0 Å². The summed E-state index contributed by atoms with van der Waals surface area (Å²) in [6.45, 7) is 1.80. The molecule has 0 aliphatic rings. The van der Waals surface area contributed by atoms with Crippen LogP contribution in [0.5, 0.6) is 0 Å². The number of rotatable bonds is 7. The van der Waals surface area contributed by atoms with Crippen LogP contribution in [0.25, 0.3) is 0 Å². The molecule has 0 radical (unpaired) electrons. The Balaban J connectivity index is 1.76. The van der Waals surface area contributed by atoms with Gasteiger partial charge in [-0.25, -0.2) is 4.79 Å². The number of benzene rings is 1. The van der Waals surface area contributed by atoms with Crippen molar-refractivity contribution in [1.82, 2.24) is 14.5 Å². The highest BCUT2D eigenvalue weighted by Gasteiger charge is 2.05. The normalized spacial score (nSPS) is 10.8. The summed E-state index contributed by atoms with van der Waals surface area (Å²) in [6.07, 6.45) is 2.63. The van der Waals surface area contributed by atoms with Crippen LogP contribution in [0, 0.1) is 0 Å². The van der Waals surface area contributed by atoms with Crippen LogP contribution in [0.4, 0.5) is 0 Å². The summed E-state index contributed by atoms with van der Waals surface area (Å²) in [6, 6.07) is 11.9. The standard InChI is InChI=1S/C17H23N3O2/c1-19-15(13-16(21)20(2)17(19)22)9-6-11-18-12-10-14-7-4-3-5-8-14/h3-5,7-8,13,18H,6,9-12H2,1-2H3. The van der Waals surface area contributed by atoms with Crippen LogP contribution < -0.4 is 16.6 Å². The fourth-order valence-electron chi connectivity index (χ4n) is 2.42. The number of aryl methyl sites for hydroxylation is 1. The molecule has 0 spiro atoms. The van der Waals surface area contributed by atoms with Crippen molar-refractivity contribution in [1.29, 1.82) is 0 Å². The molecule has 1 aromatic carbocycles. The van der Waals surface area contributed by atoms with Gasteiger partial charge in [0.15, 0.2) is 0 Å². The van der Waals surface area contributed by atoms with Crippen molar-refractivity contribution in [3.8, 4) is 0 Å². The van der Waals surface area contributed by atoms with Gasteiger partial charge in [-0.1, -0.05) is 30.3 Å². The lowest BCUT2D eigenvalue weighted by atomic mass is 10.1. The molecule has 22 heavy (non-hydrogen) atoms. The number of aromatic nitrogens is 2. The van der Waals surface area contributed by atoms with E-state index < -0.39 is 0 Å². The largest absolute Gasteiger partial charge is 0.330 e. The zero-order valence-corrected chi connectivity index (χ0v) is 13.2. The Hall–Kier alpha value is -2.14. The zero-order chi connectivity index (χ0) is 15.9. The lowest BCUT2D eigenvalue weighted by Gasteiger charge is -2.09. The van der Waals surface area contributed by atoms with Crippen LogP contribution in [0.3, 0.4) is 0 Å². The fourth-order valence-corrected chi connectivity index (χ4v) is 2.42. The number of hydrogen-bond acceptors (Lipinski definition) is 3. The van der Waals surface area contributed by atoms with Crippen molar-refractivity contribution in [2.75, 3.05) is 13.1 Å². The van der Waals surface area contributed by atoms with Crippen LogP contribution in [0.15, 0.2) is 46.0 Å². The molecule has 5 nitrogen and oxygen atoms in total. The van der Waals surface area contributed by atoms with E-state index in [0.717, 1.165) is 42.6 Å². The van der Waals surface area contributed by atoms with Crippen LogP contribution in [0.1, 0.15) is 17.7 Å². The molecule has 118 valence electrons. The van der Waals surface area contributed by atoms with Crippen molar-refractivity contribution in [2.45, 2.75) is 19.3 Å². The maximum Gasteiger partial charge on any atom is 0.330 e. The Labute approximate surface area is 130 Å². The molecular formula is C17H23N3O2. The first kappa shape index (κ1) is 16.2. The summed E-state index contributed by atoms with van der Waals surface area (Å²) in [5.41, 5.74) is 1.61. The van der Waals surface area contributed by atoms with Crippen molar-refractivity contribution in [3.63, 3.8) is 0 Å². The number of nitrogens with zero attached hydrogens (tertiary/aromatic N) is 2. The molecule has 1 heterocycles. The maximum atomic E-state index is 11.8. The highest BCUT2D eigenvalue weighted by atomic mass is 16.2. The number of hydrogen-bond donors (Lipinski definition) is 1. The molecule has 0 aliphatic heterocycles. The maximum absolute atomic E-state index is 11.8. The Kier molecular flexibility index (Phi) is 5.72. The van der Waals surface area contributed by atoms with E-state index in [9.17, 15) is 9.59 Å². The van der Waals surface area contributed by atoms with Gasteiger partial charge in [-0.15, -0.1) is 0 Å². The van der Waals surface area contributed by atoms with Crippen molar-refractivity contribution in [2.24, 2.45) is 14.1 Å². The highest BCUT2D eigenvalue weighted by molar-refractivity contribution is 5.14. The third-order valence-electron chi connectivity index (χ3n) is 3.85. The second-order valence-corrected chi connectivity index (χ2v) is 5.46. The van der Waals surface area contributed by atoms with Crippen LogP contribution in [-0.4, -0.2) is 22.2 Å². The van der Waals surface area contributed by atoms with Gasteiger partial charge >= 0.3 is 5.69 Å². The smallest absolute Gasteiger partial charge is 0.316 e. The lowest BCUT2D eigenvalue weighted by Crippen LogP contribution is -2.38. The Morgan fingerprint density at radius 1 is 0.955 bits per heavy atom. The molecule has 0 saturated heterocycles. The van der Waals surface area contributed by atoms with Gasteiger partial charge in [-0.05, 0) is 37.9 Å². The van der Waals surface area contributed by atoms with E-state index >= 15 is 0 Å². The second kappa shape index (κ2) is 7.75. The van der Waals surface area contributed by atoms with E-state index in [2.05, 4.69) is 17.4 Å². The van der Waals surface area contributed by atoms with E-state index in [0.29, 0.717) is 0 Å². The van der Waals surface area contributed by atoms with E-state index in [1.165, 1.54) is 12.6 Å². The van der Waals surface area contributed by atoms with Crippen molar-refractivity contribution < 1.29 is 0 Å². The summed E-state index contributed by atoms with van der Waals surface area (Å²) < 4.78 is 2.67. The zero-order valence-electron chi connectivity index (χ0n) is 13.2. The van der Waals surface area contributed by atoms with Gasteiger partial charge in [-0.3, -0.25) is 9.36 Å². The minimum atomic E-state index is -0.264. The molecule has 1 N–H and O–H groups in total. The molecule has 0 aliphatic carbocycles. The first-order valence-electron chi connectivity index (χ1n) is 7.60. The van der Waals surface area contributed by atoms with Crippen LogP contribution >= 0.6 is 0 Å². The Morgan fingerprint density at radius 3 is 2.41 bits per heavy atom. The van der Waals surface area contributed by atoms with Crippen LogP contribution in [0.2, 0.25) is 0 Å². The second-order valence-electron chi connectivity index (χ2n) is 5.46. The fraction of sp³-hybridized carbons (Fsp3) is 0.412. The highest BCUT2D eigenvalue weighted by Crippen LogP contribution is 1.99. The van der Waals surface area contributed by atoms with E-state index in [1.807, 2.05) is 18.2 Å². The summed E-state index contributed by atoms with van der Waals surface area (Å²) in [5.74, 6) is 0. The third-order valence-corrected chi connectivity index (χ3v) is 3.85. The molecule has 0 saturated carbocycles. The quantitative estimate of drug-likeness (QED) is 0.771. The van der Waals surface area contributed by atoms with Gasteiger partial charge in [0.2, 0.25) is 0 Å². The molecule has 0 amide bonds. The molecule has 0 fully saturated rings. The van der Waals surface area contributed by atoms with Gasteiger partial charge in [0.25, 0.3) is 5.56 Å². The molecule has 0 bridgehead atoms. The van der Waals surface area contributed by atoms with E-state index in [1.54, 1.807) is 17.7 Å². The van der Waals surface area contributed by atoms with Crippen molar-refractivity contribution in [3.05, 3.63) is 68.5 Å². The number of nitrogens with one attached hydrogen (secondary N) is 1.